The Morgan fingerprint density at radius 3 is 2.24 bits per heavy atom. The molecule has 2 aliphatic rings. The van der Waals surface area contributed by atoms with Crippen molar-refractivity contribution < 1.29 is 18.8 Å². The molecule has 2 saturated heterocycles. The summed E-state index contributed by atoms with van der Waals surface area (Å²) in [6.45, 7) is 13.2. The second-order valence-corrected chi connectivity index (χ2v) is 12.4. The van der Waals surface area contributed by atoms with Gasteiger partial charge in [-0.1, -0.05) is 63.0 Å². The third-order valence-electron chi connectivity index (χ3n) is 6.34. The van der Waals surface area contributed by atoms with Crippen LogP contribution in [0.25, 0.3) is 0 Å². The fourth-order valence-corrected chi connectivity index (χ4v) is 4.85. The van der Waals surface area contributed by atoms with Crippen LogP contribution in [0, 0.1) is 11.2 Å². The van der Waals surface area contributed by atoms with Gasteiger partial charge in [-0.2, -0.15) is 0 Å². The lowest BCUT2D eigenvalue weighted by Gasteiger charge is -2.32. The number of rotatable bonds is 7. The van der Waals surface area contributed by atoms with Crippen LogP contribution in [-0.2, 0) is 14.4 Å². The van der Waals surface area contributed by atoms with Crippen LogP contribution in [0.4, 0.5) is 10.1 Å². The molecule has 2 unspecified atom stereocenters. The van der Waals surface area contributed by atoms with E-state index >= 15 is 0 Å². The number of anilines is 1. The maximum absolute atomic E-state index is 14.0. The lowest BCUT2D eigenvalue weighted by Crippen LogP contribution is -2.50. The van der Waals surface area contributed by atoms with E-state index in [-0.39, 0.29) is 22.8 Å². The Labute approximate surface area is 252 Å². The molecule has 8 nitrogen and oxygen atoms in total. The molecule has 4 rings (SSSR count). The molecule has 0 spiro atoms. The van der Waals surface area contributed by atoms with Crippen molar-refractivity contribution in [3.63, 3.8) is 0 Å². The number of halogens is 3. The number of carbonyl (C=O) groups excluding carboxylic acids is 3. The summed E-state index contributed by atoms with van der Waals surface area (Å²) >= 11 is 11.9. The molecular weight excluding hydrogens is 568 g/mol. The molecule has 0 bridgehead atoms. The number of nitrogens with zero attached hydrogens (tertiary/aromatic N) is 2. The van der Waals surface area contributed by atoms with Gasteiger partial charge in [-0.15, -0.1) is 0 Å². The zero-order chi connectivity index (χ0) is 30.6. The minimum absolute atomic E-state index is 0.0108. The summed E-state index contributed by atoms with van der Waals surface area (Å²) in [6, 6.07) is 10.5. The molecule has 0 aliphatic carbocycles. The Kier molecular flexibility index (Phi) is 14.0. The summed E-state index contributed by atoms with van der Waals surface area (Å²) in [5, 5.41) is 9.42. The van der Waals surface area contributed by atoms with E-state index in [2.05, 4.69) is 43.6 Å². The quantitative estimate of drug-likeness (QED) is 0.395. The number of carbonyl (C=O) groups is 3. The molecule has 3 N–H and O–H groups in total. The van der Waals surface area contributed by atoms with E-state index < -0.39 is 5.82 Å². The van der Waals surface area contributed by atoms with Crippen molar-refractivity contribution in [2.24, 2.45) is 5.41 Å². The average Bonchev–Trinajstić information content (AvgIpc) is 3.40. The van der Waals surface area contributed by atoms with Crippen LogP contribution >= 0.6 is 23.2 Å². The van der Waals surface area contributed by atoms with Crippen LogP contribution in [0.5, 0.6) is 0 Å². The van der Waals surface area contributed by atoms with E-state index in [0.29, 0.717) is 61.8 Å². The molecule has 41 heavy (non-hydrogen) atoms. The molecular formula is C30H42Cl2FN5O3. The first-order valence-corrected chi connectivity index (χ1v) is 14.4. The smallest absolute Gasteiger partial charge is 0.236 e. The number of hydrogen-bond acceptors (Lipinski definition) is 5. The molecule has 0 radical (unpaired) electrons. The fraction of sp³-hybridized carbons (Fsp3) is 0.500. The monoisotopic (exact) mass is 609 g/mol. The van der Waals surface area contributed by atoms with Gasteiger partial charge in [0.05, 0.1) is 11.6 Å². The Balaban J connectivity index is 0.000000275. The molecule has 11 heteroatoms. The summed E-state index contributed by atoms with van der Waals surface area (Å²) in [6.07, 6.45) is 1.41. The topological polar surface area (TPSA) is 93.8 Å². The zero-order valence-corrected chi connectivity index (χ0v) is 26.0. The molecule has 2 atom stereocenters. The summed E-state index contributed by atoms with van der Waals surface area (Å²) < 4.78 is 14.0. The molecule has 2 aromatic rings. The number of hydrogen-bond donors (Lipinski definition) is 3. The third-order valence-corrected chi connectivity index (χ3v) is 6.87. The molecule has 2 aromatic carbocycles. The number of benzene rings is 2. The Morgan fingerprint density at radius 1 is 1.05 bits per heavy atom. The second kappa shape index (κ2) is 16.7. The lowest BCUT2D eigenvalue weighted by atomic mass is 9.83. The summed E-state index contributed by atoms with van der Waals surface area (Å²) in [5.74, 6) is -0.230. The molecule has 0 saturated carbocycles. The van der Waals surface area contributed by atoms with Gasteiger partial charge >= 0.3 is 0 Å². The highest BCUT2D eigenvalue weighted by molar-refractivity contribution is 6.31. The van der Waals surface area contributed by atoms with Gasteiger partial charge in [-0.05, 0) is 47.9 Å². The van der Waals surface area contributed by atoms with Crippen molar-refractivity contribution >= 4 is 47.6 Å². The highest BCUT2D eigenvalue weighted by Gasteiger charge is 2.32. The zero-order valence-electron chi connectivity index (χ0n) is 24.5. The van der Waals surface area contributed by atoms with E-state index in [1.165, 1.54) is 12.1 Å². The summed E-state index contributed by atoms with van der Waals surface area (Å²) in [7, 11) is 1.75. The summed E-state index contributed by atoms with van der Waals surface area (Å²) in [4.78, 5) is 36.0. The number of nitrogens with one attached hydrogen (secondary N) is 3. The lowest BCUT2D eigenvalue weighted by molar-refractivity contribution is -0.134. The van der Waals surface area contributed by atoms with E-state index in [4.69, 9.17) is 23.2 Å². The minimum atomic E-state index is -0.491. The van der Waals surface area contributed by atoms with Crippen molar-refractivity contribution in [1.29, 1.82) is 0 Å². The molecule has 226 valence electrons. The number of piperazine rings is 1. The van der Waals surface area contributed by atoms with Crippen LogP contribution in [0.2, 0.25) is 10.0 Å². The van der Waals surface area contributed by atoms with Crippen LogP contribution in [0.1, 0.15) is 50.7 Å². The first-order chi connectivity index (χ1) is 19.4. The highest BCUT2D eigenvalue weighted by Crippen LogP contribution is 2.41. The Bertz CT molecular complexity index is 1150. The predicted molar refractivity (Wildman–Crippen MR) is 164 cm³/mol. The molecule has 2 aliphatic heterocycles. The van der Waals surface area contributed by atoms with Gasteiger partial charge in [0, 0.05) is 61.8 Å². The largest absolute Gasteiger partial charge is 0.342 e. The van der Waals surface area contributed by atoms with Crippen LogP contribution in [0.15, 0.2) is 36.4 Å². The first-order valence-electron chi connectivity index (χ1n) is 13.6. The van der Waals surface area contributed by atoms with Crippen molar-refractivity contribution in [2.45, 2.75) is 39.5 Å². The third kappa shape index (κ3) is 11.6. The van der Waals surface area contributed by atoms with Crippen LogP contribution in [-0.4, -0.2) is 81.4 Å². The minimum Gasteiger partial charge on any atom is -0.342 e. The normalized spacial score (nSPS) is 18.4. The van der Waals surface area contributed by atoms with Gasteiger partial charge in [0.25, 0.3) is 0 Å². The van der Waals surface area contributed by atoms with Gasteiger partial charge in [0.1, 0.15) is 5.82 Å². The van der Waals surface area contributed by atoms with E-state index in [1.54, 1.807) is 16.8 Å². The maximum Gasteiger partial charge on any atom is 0.236 e. The molecule has 3 amide bonds. The van der Waals surface area contributed by atoms with E-state index in [1.807, 2.05) is 24.3 Å². The first kappa shape index (κ1) is 34.5. The van der Waals surface area contributed by atoms with Gasteiger partial charge in [0.2, 0.25) is 18.7 Å². The number of likely N-dealkylation sites (N-methyl/N-ethyl adjacent to an activating group) is 1. The van der Waals surface area contributed by atoms with Crippen LogP contribution in [0.3, 0.4) is 0 Å². The molecule has 2 heterocycles. The maximum atomic E-state index is 14.0. The van der Waals surface area contributed by atoms with Gasteiger partial charge in [-0.3, -0.25) is 14.4 Å². The van der Waals surface area contributed by atoms with Gasteiger partial charge < -0.3 is 25.8 Å². The van der Waals surface area contributed by atoms with Gasteiger partial charge in [-0.25, -0.2) is 4.39 Å². The van der Waals surface area contributed by atoms with Crippen molar-refractivity contribution in [3.05, 3.63) is 63.4 Å². The molecule has 0 aromatic heterocycles. The summed E-state index contributed by atoms with van der Waals surface area (Å²) in [5.41, 5.74) is 2.85. The van der Waals surface area contributed by atoms with Crippen molar-refractivity contribution in [3.8, 4) is 0 Å². The van der Waals surface area contributed by atoms with Crippen molar-refractivity contribution in [2.75, 3.05) is 58.2 Å². The van der Waals surface area contributed by atoms with Crippen LogP contribution < -0.4 is 16.0 Å². The van der Waals surface area contributed by atoms with E-state index in [0.717, 1.165) is 24.1 Å². The Hall–Kier alpha value is -2.72. The predicted octanol–water partition coefficient (Wildman–Crippen LogP) is 4.73. The van der Waals surface area contributed by atoms with E-state index in [9.17, 15) is 18.8 Å². The number of amides is 3. The second-order valence-electron chi connectivity index (χ2n) is 11.6. The standard InChI is InChI=1S/C17H15Cl2FN2O.C8H15N3O2.C5H12/c18-11-3-1-2-10(4-11)13-7-21-8-14(13)12-5-16(20)15(19)6-17(12)22-9-23;1-9-6-8(13)11-4-2-10(7-12)3-5-11;1-5(2,3)4/h1-6,9,13-14,21H,7-8H2,(H,22,23);7,9H,2-6H2,1H3;1-4H3. The SMILES string of the molecule is CC(C)(C)C.CNCC(=O)N1CCN(C=O)CC1.O=CNc1cc(Cl)c(F)cc1C1CNCC1c1cccc(Cl)c1. The molecule has 2 fully saturated rings. The van der Waals surface area contributed by atoms with Crippen molar-refractivity contribution in [1.82, 2.24) is 20.4 Å². The van der Waals surface area contributed by atoms with Gasteiger partial charge in [0.15, 0.2) is 0 Å². The Morgan fingerprint density at radius 2 is 1.68 bits per heavy atom. The average molecular weight is 611 g/mol. The fourth-order valence-electron chi connectivity index (χ4n) is 4.49. The highest BCUT2D eigenvalue weighted by atomic mass is 35.5.